The number of hydrogen-bond acceptors (Lipinski definition) is 5. The number of pyridine rings is 1. The molecule has 1 amide bonds. The van der Waals surface area contributed by atoms with Crippen molar-refractivity contribution in [3.8, 4) is 11.4 Å². The quantitative estimate of drug-likeness (QED) is 0.590. The number of benzene rings is 1. The third kappa shape index (κ3) is 2.84. The van der Waals surface area contributed by atoms with Gasteiger partial charge in [-0.1, -0.05) is 24.3 Å². The maximum absolute atomic E-state index is 12.4. The second kappa shape index (κ2) is 6.25. The Morgan fingerprint density at radius 3 is 2.81 bits per heavy atom. The van der Waals surface area contributed by atoms with Crippen molar-refractivity contribution in [1.29, 1.82) is 0 Å². The van der Waals surface area contributed by atoms with Gasteiger partial charge in [0.2, 0.25) is 5.78 Å². The molecule has 0 aliphatic heterocycles. The monoisotopic (exact) mass is 346 g/mol. The van der Waals surface area contributed by atoms with Crippen LogP contribution in [0, 0.1) is 6.92 Å². The largest absolute Gasteiger partial charge is 0.306 e. The van der Waals surface area contributed by atoms with Gasteiger partial charge in [-0.05, 0) is 24.6 Å². The van der Waals surface area contributed by atoms with Crippen molar-refractivity contribution in [2.75, 3.05) is 5.32 Å². The molecule has 26 heavy (non-hydrogen) atoms. The Morgan fingerprint density at radius 2 is 2.04 bits per heavy atom. The Labute approximate surface area is 147 Å². The normalized spacial score (nSPS) is 10.8. The summed E-state index contributed by atoms with van der Waals surface area (Å²) < 4.78 is 1.40. The van der Waals surface area contributed by atoms with Crippen molar-refractivity contribution < 1.29 is 4.79 Å². The summed E-state index contributed by atoms with van der Waals surface area (Å²) in [6.07, 6.45) is 3.02. The molecule has 3 aromatic heterocycles. The molecule has 128 valence electrons. The van der Waals surface area contributed by atoms with E-state index in [0.717, 1.165) is 11.1 Å². The Morgan fingerprint density at radius 1 is 1.19 bits per heavy atom. The summed E-state index contributed by atoms with van der Waals surface area (Å²) in [7, 11) is 0. The van der Waals surface area contributed by atoms with Crippen LogP contribution in [0.4, 0.5) is 5.82 Å². The first kappa shape index (κ1) is 15.7. The predicted molar refractivity (Wildman–Crippen MR) is 96.0 cm³/mol. The van der Waals surface area contributed by atoms with Crippen LogP contribution in [0.25, 0.3) is 17.2 Å². The highest BCUT2D eigenvalue weighted by Crippen LogP contribution is 2.20. The molecule has 0 aliphatic rings. The lowest BCUT2D eigenvalue weighted by molar-refractivity contribution is 0.102. The molecule has 3 heterocycles. The van der Waals surface area contributed by atoms with Gasteiger partial charge in [-0.2, -0.15) is 9.50 Å². The first-order valence-corrected chi connectivity index (χ1v) is 7.89. The molecule has 4 aromatic rings. The van der Waals surface area contributed by atoms with Crippen LogP contribution >= 0.6 is 0 Å². The molecule has 0 saturated carbocycles. The SMILES string of the molecule is Cc1ccccc1-c1nc2[nH]c(=O)cc(NC(=O)c3cccnc3)n2n1. The van der Waals surface area contributed by atoms with Gasteiger partial charge in [0.1, 0.15) is 5.82 Å². The van der Waals surface area contributed by atoms with Gasteiger partial charge in [0.15, 0.2) is 5.82 Å². The highest BCUT2D eigenvalue weighted by molar-refractivity contribution is 6.03. The third-order valence-electron chi connectivity index (χ3n) is 3.89. The fraction of sp³-hybridized carbons (Fsp3) is 0.0556. The van der Waals surface area contributed by atoms with Crippen LogP contribution in [0.1, 0.15) is 15.9 Å². The molecule has 0 bridgehead atoms. The summed E-state index contributed by atoms with van der Waals surface area (Å²) in [4.78, 5) is 35.2. The van der Waals surface area contributed by atoms with E-state index >= 15 is 0 Å². The van der Waals surface area contributed by atoms with Crippen molar-refractivity contribution in [3.05, 3.63) is 76.3 Å². The number of aromatic amines is 1. The van der Waals surface area contributed by atoms with Crippen LogP contribution < -0.4 is 10.9 Å². The van der Waals surface area contributed by atoms with Gasteiger partial charge >= 0.3 is 0 Å². The van der Waals surface area contributed by atoms with Crippen LogP contribution in [0.3, 0.4) is 0 Å². The van der Waals surface area contributed by atoms with E-state index in [-0.39, 0.29) is 17.2 Å². The first-order chi connectivity index (χ1) is 12.6. The topological polar surface area (TPSA) is 105 Å². The molecule has 0 fully saturated rings. The van der Waals surface area contributed by atoms with Gasteiger partial charge in [-0.25, -0.2) is 0 Å². The van der Waals surface area contributed by atoms with Gasteiger partial charge in [-0.3, -0.25) is 19.6 Å². The van der Waals surface area contributed by atoms with Gasteiger partial charge in [0.05, 0.1) is 5.56 Å². The Balaban J connectivity index is 1.79. The Kier molecular flexibility index (Phi) is 3.77. The first-order valence-electron chi connectivity index (χ1n) is 7.89. The van der Waals surface area contributed by atoms with Crippen molar-refractivity contribution in [3.63, 3.8) is 0 Å². The van der Waals surface area contributed by atoms with E-state index in [1.807, 2.05) is 31.2 Å². The summed E-state index contributed by atoms with van der Waals surface area (Å²) >= 11 is 0. The van der Waals surface area contributed by atoms with E-state index in [9.17, 15) is 9.59 Å². The number of aryl methyl sites for hydroxylation is 1. The Bertz CT molecular complexity index is 1160. The lowest BCUT2D eigenvalue weighted by Crippen LogP contribution is -2.18. The molecular weight excluding hydrogens is 332 g/mol. The number of rotatable bonds is 3. The van der Waals surface area contributed by atoms with Gasteiger partial charge < -0.3 is 5.32 Å². The maximum atomic E-state index is 12.4. The number of amides is 1. The summed E-state index contributed by atoms with van der Waals surface area (Å²) in [5.41, 5.74) is 1.84. The number of H-pyrrole nitrogens is 1. The van der Waals surface area contributed by atoms with Crippen molar-refractivity contribution in [1.82, 2.24) is 24.6 Å². The number of carbonyl (C=O) groups excluding carboxylic acids is 1. The lowest BCUT2D eigenvalue weighted by atomic mass is 10.1. The van der Waals surface area contributed by atoms with E-state index in [1.165, 1.54) is 16.8 Å². The minimum atomic E-state index is -0.391. The fourth-order valence-electron chi connectivity index (χ4n) is 2.61. The second-order valence-electron chi connectivity index (χ2n) is 5.70. The van der Waals surface area contributed by atoms with Crippen molar-refractivity contribution in [2.24, 2.45) is 0 Å². The molecular formula is C18H14N6O2. The predicted octanol–water partition coefficient (Wildman–Crippen LogP) is 2.04. The minimum Gasteiger partial charge on any atom is -0.306 e. The molecule has 0 unspecified atom stereocenters. The van der Waals surface area contributed by atoms with Crippen molar-refractivity contribution in [2.45, 2.75) is 6.92 Å². The number of aromatic nitrogens is 5. The summed E-state index contributed by atoms with van der Waals surface area (Å²) in [6.45, 7) is 1.95. The number of hydrogen-bond donors (Lipinski definition) is 2. The molecule has 0 aliphatic carbocycles. The van der Waals surface area contributed by atoms with Gasteiger partial charge in [0.25, 0.3) is 11.5 Å². The highest BCUT2D eigenvalue weighted by atomic mass is 16.2. The molecule has 4 rings (SSSR count). The van der Waals surface area contributed by atoms with E-state index in [0.29, 0.717) is 11.4 Å². The van der Waals surface area contributed by atoms with E-state index in [1.54, 1.807) is 18.3 Å². The Hall–Kier alpha value is -3.81. The van der Waals surface area contributed by atoms with Crippen LogP contribution in [0.5, 0.6) is 0 Å². The van der Waals surface area contributed by atoms with Crippen LogP contribution in [-0.4, -0.2) is 30.5 Å². The second-order valence-corrected chi connectivity index (χ2v) is 5.70. The van der Waals surface area contributed by atoms with Gasteiger partial charge in [-0.15, -0.1) is 5.10 Å². The highest BCUT2D eigenvalue weighted by Gasteiger charge is 2.14. The maximum Gasteiger partial charge on any atom is 0.258 e. The number of nitrogens with one attached hydrogen (secondary N) is 2. The van der Waals surface area contributed by atoms with Gasteiger partial charge in [0, 0.05) is 24.0 Å². The lowest BCUT2D eigenvalue weighted by Gasteiger charge is -2.05. The van der Waals surface area contributed by atoms with E-state index < -0.39 is 5.91 Å². The molecule has 1 aromatic carbocycles. The molecule has 2 N–H and O–H groups in total. The fourth-order valence-corrected chi connectivity index (χ4v) is 2.61. The zero-order valence-electron chi connectivity index (χ0n) is 13.8. The smallest absolute Gasteiger partial charge is 0.258 e. The number of carbonyl (C=O) groups is 1. The van der Waals surface area contributed by atoms with Crippen LogP contribution in [0.2, 0.25) is 0 Å². The molecule has 8 nitrogen and oxygen atoms in total. The molecule has 0 radical (unpaired) electrons. The molecule has 0 saturated heterocycles. The minimum absolute atomic E-state index is 0.227. The number of nitrogens with zero attached hydrogens (tertiary/aromatic N) is 4. The average molecular weight is 346 g/mol. The number of fused-ring (bicyclic) bond motifs is 1. The standard InChI is InChI=1S/C18H14N6O2/c1-11-5-2-3-7-13(11)16-22-18-21-15(25)9-14(24(18)23-16)20-17(26)12-6-4-8-19-10-12/h2-10H,1H3,(H,20,26)(H,21,22,23,25). The van der Waals surface area contributed by atoms with E-state index in [2.05, 4.69) is 25.4 Å². The molecule has 8 heteroatoms. The summed E-state index contributed by atoms with van der Waals surface area (Å²) in [5, 5.41) is 7.12. The molecule has 0 atom stereocenters. The average Bonchev–Trinajstić information content (AvgIpc) is 3.06. The van der Waals surface area contributed by atoms with Crippen LogP contribution in [-0.2, 0) is 0 Å². The zero-order chi connectivity index (χ0) is 18.1. The zero-order valence-corrected chi connectivity index (χ0v) is 13.8. The van der Waals surface area contributed by atoms with E-state index in [4.69, 9.17) is 0 Å². The molecule has 0 spiro atoms. The van der Waals surface area contributed by atoms with Crippen molar-refractivity contribution >= 4 is 17.5 Å². The number of anilines is 1. The summed E-state index contributed by atoms with van der Waals surface area (Å²) in [6, 6.07) is 12.2. The van der Waals surface area contributed by atoms with Crippen LogP contribution in [0.15, 0.2) is 59.7 Å². The third-order valence-corrected chi connectivity index (χ3v) is 3.89. The summed E-state index contributed by atoms with van der Waals surface area (Å²) in [5.74, 6) is 0.543.